The molecule has 6 aromatic rings. The smallest absolute Gasteiger partial charge is 0.243 e. The van der Waals surface area contributed by atoms with Gasteiger partial charge in [0.05, 0.1) is 18.7 Å². The Kier molecular flexibility index (Phi) is 29.6. The van der Waals surface area contributed by atoms with E-state index in [0.29, 0.717) is 73.1 Å². The van der Waals surface area contributed by atoms with Gasteiger partial charge in [-0.3, -0.25) is 48.1 Å². The maximum Gasteiger partial charge on any atom is 0.243 e. The van der Waals surface area contributed by atoms with E-state index in [0.717, 1.165) is 10.9 Å². The minimum absolute atomic E-state index is 0.00416. The van der Waals surface area contributed by atoms with Gasteiger partial charge in [0, 0.05) is 79.5 Å². The molecule has 0 radical (unpaired) electrons. The summed E-state index contributed by atoms with van der Waals surface area (Å²) >= 11 is 0. The van der Waals surface area contributed by atoms with Gasteiger partial charge >= 0.3 is 0 Å². The lowest BCUT2D eigenvalue weighted by Gasteiger charge is -2.30. The highest BCUT2D eigenvalue weighted by molar-refractivity contribution is 5.99. The van der Waals surface area contributed by atoms with Gasteiger partial charge in [-0.25, -0.2) is 9.97 Å². The van der Waals surface area contributed by atoms with Crippen molar-refractivity contribution in [2.45, 2.75) is 158 Å². The Morgan fingerprint density at radius 3 is 1.40 bits per heavy atom. The summed E-state index contributed by atoms with van der Waals surface area (Å²) in [5, 5.41) is 23.3. The Bertz CT molecular complexity index is 3400. The highest BCUT2D eigenvalue weighted by atomic mass is 16.2. The van der Waals surface area contributed by atoms with E-state index in [9.17, 15) is 33.6 Å². The van der Waals surface area contributed by atoms with Crippen LogP contribution in [0.3, 0.4) is 0 Å². The number of para-hydroxylation sites is 1. The fraction of sp³-hybridized carbons (Fsp3) is 0.446. The SMILES string of the molecule is CC[C@H](C)[C@H](NC(=O)[C@@H](Cc1ccccc1)NC(=O)[C@@H](Cc1c[nH]c2ccccc12)NC(=O)[C@@H](N)CCCN=C(N)N)C(=O)N[C@H](Cc1ccccc1)C(=O)N[C@@H](Cc1cnc[nH]1)C(=O)N[C@@H](CCCCN)C(=O)N[C@@H](CCCCN)C(=O)N[C@@H](Cc1cnc[nH]1)C(N)=O. The maximum absolute atomic E-state index is 15.0. The summed E-state index contributed by atoms with van der Waals surface area (Å²) in [4.78, 5) is 150. The van der Waals surface area contributed by atoms with Gasteiger partial charge in [-0.05, 0) is 93.1 Å². The number of aliphatic imine (C=N–C) groups is 1. The molecule has 506 valence electrons. The van der Waals surface area contributed by atoms with Crippen LogP contribution >= 0.6 is 0 Å². The number of hydrogen-bond acceptors (Lipinski definition) is 15. The molecule has 0 aliphatic rings. The summed E-state index contributed by atoms with van der Waals surface area (Å²) in [6, 6.07) is 13.7. The number of unbranched alkanes of at least 4 members (excludes halogenated alkanes) is 2. The van der Waals surface area contributed by atoms with E-state index in [1.807, 2.05) is 31.2 Å². The summed E-state index contributed by atoms with van der Waals surface area (Å²) in [7, 11) is 0. The zero-order chi connectivity index (χ0) is 67.9. The van der Waals surface area contributed by atoms with E-state index in [2.05, 4.69) is 72.4 Å². The Balaban J connectivity index is 1.25. The number of benzene rings is 3. The molecule has 0 aliphatic heterocycles. The predicted molar refractivity (Wildman–Crippen MR) is 355 cm³/mol. The molecule has 0 bridgehead atoms. The molecule has 9 amide bonds. The fourth-order valence-electron chi connectivity index (χ4n) is 10.5. The van der Waals surface area contributed by atoms with Gasteiger partial charge in [-0.15, -0.1) is 0 Å². The number of nitrogens with zero attached hydrogens (tertiary/aromatic N) is 3. The molecule has 6 rings (SSSR count). The number of H-pyrrole nitrogens is 3. The molecule has 0 saturated carbocycles. The number of nitrogens with two attached hydrogens (primary N) is 6. The standard InChI is InChI=1S/C65H92N20O9/c1-3-39(2)55(85-63(93)52(30-41-19-8-5-9-20-41)82-61(91)53(31-42-34-75-47-23-11-10-21-45(42)47)81-57(87)46(68)22-16-28-74-65(70)71)64(94)84-51(29-40-17-6-4-7-18-40)60(90)83-54(33-44-36-73-38-77-44)62(92)79-48(24-12-14-26-66)58(88)78-49(25-13-15-27-67)59(89)80-50(56(69)86)32-43-35-72-37-76-43/h4-11,17-21,23,34-39,46,48-55,75H,3,12-16,22,24-33,66-68H2,1-2H3,(H2,69,86)(H,72,76)(H,73,77)(H,78,88)(H,79,92)(H,80,89)(H,81,87)(H,82,91)(H,83,90)(H,84,94)(H,85,93)(H4,70,71,74)/t39-,46-,48-,49-,50-,51+,52+,53+,54-,55-/m0/s1. The Hall–Kier alpha value is -10.00. The minimum Gasteiger partial charge on any atom is -0.370 e. The molecule has 0 unspecified atom stereocenters. The molecular weight excluding hydrogens is 1200 g/mol. The number of aromatic amines is 3. The second-order valence-electron chi connectivity index (χ2n) is 23.3. The van der Waals surface area contributed by atoms with Crippen molar-refractivity contribution in [1.29, 1.82) is 0 Å². The fourth-order valence-corrected chi connectivity index (χ4v) is 10.5. The molecule has 0 saturated heterocycles. The van der Waals surface area contributed by atoms with Crippen molar-refractivity contribution >= 4 is 70.0 Å². The lowest BCUT2D eigenvalue weighted by atomic mass is 9.96. The number of fused-ring (bicyclic) bond motifs is 1. The number of hydrogen-bond donors (Lipinski definition) is 17. The first-order chi connectivity index (χ1) is 45.3. The summed E-state index contributed by atoms with van der Waals surface area (Å²) in [6.07, 6.45) is 10.0. The number of carbonyl (C=O) groups is 9. The quantitative estimate of drug-likeness (QED) is 0.0127. The third kappa shape index (κ3) is 23.6. The maximum atomic E-state index is 15.0. The first-order valence-corrected chi connectivity index (χ1v) is 31.8. The average Bonchev–Trinajstić information content (AvgIpc) is 1.63. The van der Waals surface area contributed by atoms with Crippen molar-refractivity contribution in [1.82, 2.24) is 67.5 Å². The zero-order valence-electron chi connectivity index (χ0n) is 53.2. The topological polar surface area (TPSA) is 491 Å². The van der Waals surface area contributed by atoms with Gasteiger partial charge in [-0.1, -0.05) is 99.1 Å². The normalized spacial score (nSPS) is 14.4. The van der Waals surface area contributed by atoms with Crippen molar-refractivity contribution in [2.75, 3.05) is 19.6 Å². The largest absolute Gasteiger partial charge is 0.370 e. The Morgan fingerprint density at radius 2 is 0.915 bits per heavy atom. The number of amides is 9. The van der Waals surface area contributed by atoms with Crippen molar-refractivity contribution in [2.24, 2.45) is 45.3 Å². The molecule has 10 atom stereocenters. The number of primary amides is 1. The summed E-state index contributed by atoms with van der Waals surface area (Å²) in [6.45, 7) is 4.37. The van der Waals surface area contributed by atoms with E-state index < -0.39 is 113 Å². The zero-order valence-corrected chi connectivity index (χ0v) is 53.2. The first kappa shape index (κ1) is 73.1. The molecule has 3 aromatic carbocycles. The van der Waals surface area contributed by atoms with Crippen molar-refractivity contribution in [3.63, 3.8) is 0 Å². The number of guanidine groups is 1. The molecule has 23 N–H and O–H groups in total. The van der Waals surface area contributed by atoms with Crippen LogP contribution in [0.25, 0.3) is 10.9 Å². The van der Waals surface area contributed by atoms with Gasteiger partial charge in [0.2, 0.25) is 53.2 Å². The molecule has 0 aliphatic carbocycles. The molecule has 0 fully saturated rings. The van der Waals surface area contributed by atoms with Gasteiger partial charge < -0.3 is 91.9 Å². The van der Waals surface area contributed by atoms with Crippen LogP contribution < -0.4 is 76.9 Å². The van der Waals surface area contributed by atoms with E-state index in [-0.39, 0.29) is 70.4 Å². The second-order valence-corrected chi connectivity index (χ2v) is 23.3. The summed E-state index contributed by atoms with van der Waals surface area (Å²) in [5.41, 5.74) is 38.4. The summed E-state index contributed by atoms with van der Waals surface area (Å²) in [5.74, 6) is -7.42. The van der Waals surface area contributed by atoms with Crippen LogP contribution in [-0.4, -0.2) is 158 Å². The van der Waals surface area contributed by atoms with Crippen LogP contribution in [0.5, 0.6) is 0 Å². The third-order valence-electron chi connectivity index (χ3n) is 16.1. The third-order valence-corrected chi connectivity index (χ3v) is 16.1. The monoisotopic (exact) mass is 1300 g/mol. The molecule has 3 aromatic heterocycles. The van der Waals surface area contributed by atoms with Gasteiger partial charge in [0.15, 0.2) is 5.96 Å². The van der Waals surface area contributed by atoms with Crippen molar-refractivity contribution in [3.8, 4) is 0 Å². The van der Waals surface area contributed by atoms with E-state index in [1.54, 1.807) is 73.8 Å². The lowest BCUT2D eigenvalue weighted by molar-refractivity contribution is -0.136. The van der Waals surface area contributed by atoms with Crippen molar-refractivity contribution < 1.29 is 43.2 Å². The van der Waals surface area contributed by atoms with Gasteiger partial charge in [0.1, 0.15) is 48.3 Å². The van der Waals surface area contributed by atoms with E-state index in [1.165, 1.54) is 25.0 Å². The highest BCUT2D eigenvalue weighted by Crippen LogP contribution is 2.21. The molecule has 29 nitrogen and oxygen atoms in total. The van der Waals surface area contributed by atoms with Crippen LogP contribution in [0.4, 0.5) is 0 Å². The van der Waals surface area contributed by atoms with Crippen LogP contribution in [0, 0.1) is 5.92 Å². The van der Waals surface area contributed by atoms with Crippen molar-refractivity contribution in [3.05, 3.63) is 144 Å². The average molecular weight is 1300 g/mol. The Labute approximate surface area is 545 Å². The molecule has 0 spiro atoms. The molecular formula is C65H92N20O9. The van der Waals surface area contributed by atoms with Gasteiger partial charge in [0.25, 0.3) is 0 Å². The molecule has 29 heteroatoms. The predicted octanol–water partition coefficient (Wildman–Crippen LogP) is -0.824. The summed E-state index contributed by atoms with van der Waals surface area (Å²) < 4.78 is 0. The lowest BCUT2D eigenvalue weighted by Crippen LogP contribution is -2.62. The highest BCUT2D eigenvalue weighted by Gasteiger charge is 2.37. The molecule has 94 heavy (non-hydrogen) atoms. The second kappa shape index (κ2) is 38.1. The van der Waals surface area contributed by atoms with Crippen LogP contribution in [0.2, 0.25) is 0 Å². The minimum atomic E-state index is -1.42. The Morgan fingerprint density at radius 1 is 0.479 bits per heavy atom. The van der Waals surface area contributed by atoms with Crippen LogP contribution in [-0.2, 0) is 75.3 Å². The van der Waals surface area contributed by atoms with E-state index >= 15 is 9.59 Å². The molecule has 3 heterocycles. The number of nitrogens with one attached hydrogen (secondary N) is 11. The van der Waals surface area contributed by atoms with Gasteiger partial charge in [-0.2, -0.15) is 0 Å². The number of carbonyl (C=O) groups excluding carboxylic acids is 9. The number of rotatable bonds is 41. The van der Waals surface area contributed by atoms with Crippen LogP contribution in [0.1, 0.15) is 99.7 Å². The number of imidazole rings is 2. The van der Waals surface area contributed by atoms with E-state index in [4.69, 9.17) is 34.4 Å². The first-order valence-electron chi connectivity index (χ1n) is 31.8. The van der Waals surface area contributed by atoms with Crippen LogP contribution in [0.15, 0.2) is 121 Å². The number of aromatic nitrogens is 5.